The minimum Gasteiger partial charge on any atom is -0.406 e. The second-order valence-corrected chi connectivity index (χ2v) is 7.63. The topological polar surface area (TPSA) is 50.3 Å². The summed E-state index contributed by atoms with van der Waals surface area (Å²) in [5.74, 6) is 1.05. The van der Waals surface area contributed by atoms with E-state index in [9.17, 15) is 13.2 Å². The van der Waals surface area contributed by atoms with Crippen molar-refractivity contribution in [1.29, 1.82) is 0 Å². The Kier molecular flexibility index (Phi) is 7.62. The van der Waals surface area contributed by atoms with Crippen molar-refractivity contribution < 1.29 is 17.9 Å². The van der Waals surface area contributed by atoms with Gasteiger partial charge in [-0.15, -0.1) is 24.9 Å². The van der Waals surface area contributed by atoms with E-state index < -0.39 is 6.36 Å². The van der Waals surface area contributed by atoms with Crippen molar-refractivity contribution >= 4 is 23.4 Å². The van der Waals surface area contributed by atoms with Crippen LogP contribution in [0, 0.1) is 0 Å². The molecule has 0 aliphatic carbocycles. The Morgan fingerprint density at radius 3 is 2.70 bits per heavy atom. The van der Waals surface area contributed by atoms with Crippen LogP contribution in [0.25, 0.3) is 0 Å². The van der Waals surface area contributed by atoms with Crippen molar-refractivity contribution in [3.63, 3.8) is 0 Å². The van der Waals surface area contributed by atoms with Crippen molar-refractivity contribution in [2.45, 2.75) is 37.3 Å². The first kappa shape index (κ1) is 22.0. The van der Waals surface area contributed by atoms with Gasteiger partial charge >= 0.3 is 6.36 Å². The van der Waals surface area contributed by atoms with Crippen LogP contribution in [0.1, 0.15) is 25.5 Å². The van der Waals surface area contributed by atoms with Gasteiger partial charge in [0.15, 0.2) is 0 Å². The molecule has 0 amide bonds. The highest BCUT2D eigenvalue weighted by Crippen LogP contribution is 2.31. The Morgan fingerprint density at radius 2 is 1.97 bits per heavy atom. The summed E-state index contributed by atoms with van der Waals surface area (Å²) in [6.07, 6.45) is 6.97. The van der Waals surface area contributed by atoms with E-state index in [-0.39, 0.29) is 11.1 Å². The van der Waals surface area contributed by atoms with Gasteiger partial charge in [0.05, 0.1) is 11.1 Å². The number of rotatable bonds is 9. The molecule has 5 nitrogen and oxygen atoms in total. The number of hydrogen-bond donors (Lipinski definition) is 1. The number of nitrogens with one attached hydrogen (secondary N) is 1. The number of anilines is 2. The molecule has 0 bridgehead atoms. The smallest absolute Gasteiger partial charge is 0.406 e. The minimum atomic E-state index is -4.70. The Bertz CT molecular complexity index is 871. The summed E-state index contributed by atoms with van der Waals surface area (Å²) < 4.78 is 41.0. The lowest BCUT2D eigenvalue weighted by Gasteiger charge is -2.30. The molecule has 1 aliphatic heterocycles. The summed E-state index contributed by atoms with van der Waals surface area (Å²) in [6.45, 7) is 2.97. The third kappa shape index (κ3) is 6.69. The molecule has 0 saturated carbocycles. The van der Waals surface area contributed by atoms with E-state index >= 15 is 0 Å². The zero-order valence-corrected chi connectivity index (χ0v) is 17.3. The minimum absolute atomic E-state index is 0.0177. The van der Waals surface area contributed by atoms with Crippen LogP contribution in [0.3, 0.4) is 0 Å². The molecule has 2 aromatic rings. The van der Waals surface area contributed by atoms with E-state index in [1.54, 1.807) is 30.1 Å². The summed E-state index contributed by atoms with van der Waals surface area (Å²) >= 11 is 1.66. The number of aromatic nitrogens is 2. The van der Waals surface area contributed by atoms with Crippen LogP contribution in [0.4, 0.5) is 24.8 Å². The van der Waals surface area contributed by atoms with Crippen LogP contribution < -0.4 is 15.0 Å². The summed E-state index contributed by atoms with van der Waals surface area (Å²) in [4.78, 5) is 10.8. The second kappa shape index (κ2) is 10.4. The number of ether oxygens (including phenoxy) is 1. The molecule has 0 fully saturated rings. The summed E-state index contributed by atoms with van der Waals surface area (Å²) in [5.41, 5.74) is 1.68. The molecular formula is C21H23F3N4OS. The van der Waals surface area contributed by atoms with Gasteiger partial charge in [-0.2, -0.15) is 0 Å². The molecule has 1 aromatic heterocycles. The van der Waals surface area contributed by atoms with Crippen LogP contribution >= 0.6 is 11.8 Å². The monoisotopic (exact) mass is 436 g/mol. The normalized spacial score (nSPS) is 16.0. The summed E-state index contributed by atoms with van der Waals surface area (Å²) in [5, 5.41) is 3.20. The van der Waals surface area contributed by atoms with Crippen molar-refractivity contribution in [3.05, 3.63) is 66.7 Å². The predicted octanol–water partition coefficient (Wildman–Crippen LogP) is 5.74. The first-order valence-electron chi connectivity index (χ1n) is 9.61. The lowest BCUT2D eigenvalue weighted by Crippen LogP contribution is -2.27. The number of hydrogen-bond acceptors (Lipinski definition) is 6. The fraction of sp³-hybridized carbons (Fsp3) is 0.333. The zero-order chi connectivity index (χ0) is 21.4. The number of unbranched alkanes of at least 4 members (excludes halogenated alkanes) is 1. The fourth-order valence-electron chi connectivity index (χ4n) is 2.78. The molecule has 160 valence electrons. The van der Waals surface area contributed by atoms with Gasteiger partial charge in [-0.25, -0.2) is 9.97 Å². The fourth-order valence-corrected chi connectivity index (χ4v) is 3.83. The van der Waals surface area contributed by atoms with E-state index in [1.165, 1.54) is 12.1 Å². The standard InChI is InChI=1S/C21H23F3N4OS/c1-2-3-12-25-20-26-13-11-16(27-20)15-30-19-6-4-5-14-28(19)17-7-9-18(10-8-17)29-21(22,23)24/h4-11,13-14,19H,2-3,12,15H2,1H3,(H,25,26,27). The van der Waals surface area contributed by atoms with E-state index in [4.69, 9.17) is 0 Å². The van der Waals surface area contributed by atoms with Crippen molar-refractivity contribution in [2.75, 3.05) is 16.8 Å². The molecule has 0 saturated heterocycles. The highest BCUT2D eigenvalue weighted by atomic mass is 32.2. The van der Waals surface area contributed by atoms with Crippen LogP contribution in [0.2, 0.25) is 0 Å². The second-order valence-electron chi connectivity index (χ2n) is 6.53. The molecular weight excluding hydrogens is 413 g/mol. The molecule has 1 N–H and O–H groups in total. The SMILES string of the molecule is CCCCNc1nccc(CSC2C=CC=CN2c2ccc(OC(F)(F)F)cc2)n1. The molecule has 1 aromatic carbocycles. The van der Waals surface area contributed by atoms with E-state index in [2.05, 4.69) is 26.9 Å². The Balaban J connectivity index is 1.62. The first-order chi connectivity index (χ1) is 14.4. The lowest BCUT2D eigenvalue weighted by molar-refractivity contribution is -0.274. The number of alkyl halides is 3. The highest BCUT2D eigenvalue weighted by Gasteiger charge is 2.31. The maximum atomic E-state index is 12.4. The number of thioether (sulfide) groups is 1. The third-order valence-electron chi connectivity index (χ3n) is 4.20. The van der Waals surface area contributed by atoms with Crippen molar-refractivity contribution in [3.8, 4) is 5.75 Å². The molecule has 0 radical (unpaired) electrons. The van der Waals surface area contributed by atoms with E-state index in [0.717, 1.165) is 30.8 Å². The zero-order valence-electron chi connectivity index (χ0n) is 16.5. The van der Waals surface area contributed by atoms with Gasteiger partial charge in [-0.05, 0) is 42.8 Å². The average Bonchev–Trinajstić information content (AvgIpc) is 2.73. The van der Waals surface area contributed by atoms with E-state index in [1.807, 2.05) is 35.4 Å². The van der Waals surface area contributed by atoms with Crippen LogP contribution in [0.5, 0.6) is 5.75 Å². The number of benzene rings is 1. The summed E-state index contributed by atoms with van der Waals surface area (Å²) in [6, 6.07) is 7.73. The third-order valence-corrected chi connectivity index (χ3v) is 5.39. The molecule has 1 atom stereocenters. The molecule has 1 aliphatic rings. The maximum absolute atomic E-state index is 12.4. The molecule has 1 unspecified atom stereocenters. The van der Waals surface area contributed by atoms with Crippen molar-refractivity contribution in [1.82, 2.24) is 9.97 Å². The quantitative estimate of drug-likeness (QED) is 0.506. The molecule has 30 heavy (non-hydrogen) atoms. The van der Waals surface area contributed by atoms with Gasteiger partial charge in [-0.1, -0.05) is 25.5 Å². The number of halogens is 3. The van der Waals surface area contributed by atoms with Gasteiger partial charge in [0, 0.05) is 30.4 Å². The Hall–Kier alpha value is -2.68. The van der Waals surface area contributed by atoms with Crippen LogP contribution in [0.15, 0.2) is 61.0 Å². The molecule has 9 heteroatoms. The van der Waals surface area contributed by atoms with E-state index in [0.29, 0.717) is 11.7 Å². The summed E-state index contributed by atoms with van der Waals surface area (Å²) in [7, 11) is 0. The van der Waals surface area contributed by atoms with Gasteiger partial charge in [0.1, 0.15) is 5.75 Å². The number of allylic oxidation sites excluding steroid dienone is 2. The number of nitrogens with zero attached hydrogens (tertiary/aromatic N) is 3. The Labute approximate surface area is 178 Å². The van der Waals surface area contributed by atoms with Gasteiger partial charge in [0.25, 0.3) is 0 Å². The van der Waals surface area contributed by atoms with Gasteiger partial charge in [0.2, 0.25) is 5.95 Å². The Morgan fingerprint density at radius 1 is 1.17 bits per heavy atom. The molecule has 0 spiro atoms. The maximum Gasteiger partial charge on any atom is 0.573 e. The average molecular weight is 437 g/mol. The van der Waals surface area contributed by atoms with Gasteiger partial charge < -0.3 is 15.0 Å². The first-order valence-corrected chi connectivity index (χ1v) is 10.7. The highest BCUT2D eigenvalue weighted by molar-refractivity contribution is 7.99. The largest absolute Gasteiger partial charge is 0.573 e. The lowest BCUT2D eigenvalue weighted by atomic mass is 10.2. The predicted molar refractivity (Wildman–Crippen MR) is 114 cm³/mol. The van der Waals surface area contributed by atoms with Crippen molar-refractivity contribution in [2.24, 2.45) is 0 Å². The van der Waals surface area contributed by atoms with Gasteiger partial charge in [-0.3, -0.25) is 0 Å². The molecule has 3 rings (SSSR count). The van der Waals surface area contributed by atoms with Crippen LogP contribution in [-0.4, -0.2) is 28.2 Å². The molecule has 2 heterocycles. The van der Waals surface area contributed by atoms with Crippen LogP contribution in [-0.2, 0) is 5.75 Å².